The normalized spacial score (nSPS) is 19.4. The van der Waals surface area contributed by atoms with Crippen LogP contribution < -0.4 is 0 Å². The van der Waals surface area contributed by atoms with E-state index < -0.39 is 0 Å². The van der Waals surface area contributed by atoms with Gasteiger partial charge in [-0.25, -0.2) is 0 Å². The van der Waals surface area contributed by atoms with E-state index in [1.54, 1.807) is 18.2 Å². The van der Waals surface area contributed by atoms with E-state index in [4.69, 9.17) is 23.2 Å². The lowest BCUT2D eigenvalue weighted by molar-refractivity contribution is -0.113. The van der Waals surface area contributed by atoms with Crippen LogP contribution in [-0.2, 0) is 11.3 Å². The standard InChI is InChI=1S/C21H19Cl2N3OS/c22-17-7-6-16(18(23)13-17)12-19-20(27)24-21(28-19)26-10-8-25(9-11-26)14-15-4-2-1-3-5-15/h1-7,12-13H,8-11,14H2/b19-12+. The Morgan fingerprint density at radius 2 is 1.79 bits per heavy atom. The summed E-state index contributed by atoms with van der Waals surface area (Å²) >= 11 is 13.6. The largest absolute Gasteiger partial charge is 0.348 e. The second-order valence-electron chi connectivity index (χ2n) is 6.72. The molecular weight excluding hydrogens is 413 g/mol. The molecule has 0 unspecified atom stereocenters. The molecule has 2 aliphatic heterocycles. The maximum Gasteiger partial charge on any atom is 0.286 e. The number of benzene rings is 2. The number of amides is 1. The molecule has 1 amide bonds. The fourth-order valence-electron chi connectivity index (χ4n) is 3.23. The predicted molar refractivity (Wildman–Crippen MR) is 118 cm³/mol. The molecule has 2 aromatic rings. The fourth-order valence-corrected chi connectivity index (χ4v) is 4.65. The van der Waals surface area contributed by atoms with Crippen molar-refractivity contribution in [2.24, 2.45) is 4.99 Å². The Bertz CT molecular complexity index is 938. The molecule has 2 aromatic carbocycles. The number of nitrogens with zero attached hydrogens (tertiary/aromatic N) is 3. The molecule has 1 saturated heterocycles. The molecule has 28 heavy (non-hydrogen) atoms. The first kappa shape index (κ1) is 19.5. The van der Waals surface area contributed by atoms with E-state index in [0.717, 1.165) is 43.5 Å². The molecule has 0 N–H and O–H groups in total. The lowest BCUT2D eigenvalue weighted by Crippen LogP contribution is -2.47. The highest BCUT2D eigenvalue weighted by molar-refractivity contribution is 8.18. The van der Waals surface area contributed by atoms with Crippen LogP contribution in [0.4, 0.5) is 0 Å². The van der Waals surface area contributed by atoms with Crippen molar-refractivity contribution >= 4 is 52.1 Å². The van der Waals surface area contributed by atoms with E-state index in [-0.39, 0.29) is 5.91 Å². The van der Waals surface area contributed by atoms with Crippen LogP contribution in [0.5, 0.6) is 0 Å². The molecule has 0 saturated carbocycles. The Morgan fingerprint density at radius 1 is 1.04 bits per heavy atom. The summed E-state index contributed by atoms with van der Waals surface area (Å²) in [6.45, 7) is 4.57. The molecule has 0 bridgehead atoms. The zero-order valence-corrected chi connectivity index (χ0v) is 17.5. The number of aliphatic imine (C=N–C) groups is 1. The van der Waals surface area contributed by atoms with Crippen molar-refractivity contribution in [2.45, 2.75) is 6.54 Å². The summed E-state index contributed by atoms with van der Waals surface area (Å²) in [4.78, 5) is 21.8. The summed E-state index contributed by atoms with van der Waals surface area (Å²) in [7, 11) is 0. The zero-order chi connectivity index (χ0) is 19.5. The first-order valence-electron chi connectivity index (χ1n) is 9.07. The van der Waals surface area contributed by atoms with Gasteiger partial charge in [0.1, 0.15) is 0 Å². The molecule has 0 radical (unpaired) electrons. The summed E-state index contributed by atoms with van der Waals surface area (Å²) < 4.78 is 0. The summed E-state index contributed by atoms with van der Waals surface area (Å²) in [6, 6.07) is 15.7. The van der Waals surface area contributed by atoms with Crippen molar-refractivity contribution < 1.29 is 4.79 Å². The van der Waals surface area contributed by atoms with Gasteiger partial charge in [-0.1, -0.05) is 59.6 Å². The van der Waals surface area contributed by atoms with Crippen molar-refractivity contribution in [2.75, 3.05) is 26.2 Å². The minimum Gasteiger partial charge on any atom is -0.348 e. The number of rotatable bonds is 3. The predicted octanol–water partition coefficient (Wildman–Crippen LogP) is 4.78. The van der Waals surface area contributed by atoms with Crippen molar-refractivity contribution in [3.8, 4) is 0 Å². The molecule has 0 aliphatic carbocycles. The van der Waals surface area contributed by atoms with E-state index in [1.807, 2.05) is 12.1 Å². The topological polar surface area (TPSA) is 35.9 Å². The molecule has 1 fully saturated rings. The van der Waals surface area contributed by atoms with Gasteiger partial charge in [-0.2, -0.15) is 4.99 Å². The zero-order valence-electron chi connectivity index (χ0n) is 15.1. The smallest absolute Gasteiger partial charge is 0.286 e. The Morgan fingerprint density at radius 3 is 2.50 bits per heavy atom. The number of piperazine rings is 1. The Balaban J connectivity index is 1.37. The van der Waals surface area contributed by atoms with Crippen LogP contribution in [0.3, 0.4) is 0 Å². The minimum atomic E-state index is -0.210. The third-order valence-corrected chi connectivity index (χ3v) is 6.36. The van der Waals surface area contributed by atoms with Gasteiger partial charge < -0.3 is 4.90 Å². The number of hydrogen-bond donors (Lipinski definition) is 0. The highest BCUT2D eigenvalue weighted by Crippen LogP contribution is 2.32. The van der Waals surface area contributed by atoms with Crippen LogP contribution in [0.1, 0.15) is 11.1 Å². The first-order chi connectivity index (χ1) is 13.6. The van der Waals surface area contributed by atoms with Gasteiger partial charge in [-0.15, -0.1) is 0 Å². The molecule has 0 atom stereocenters. The lowest BCUT2D eigenvalue weighted by atomic mass is 10.2. The van der Waals surface area contributed by atoms with E-state index in [9.17, 15) is 4.79 Å². The average molecular weight is 432 g/mol. The van der Waals surface area contributed by atoms with Crippen molar-refractivity contribution in [3.05, 3.63) is 74.6 Å². The van der Waals surface area contributed by atoms with Crippen LogP contribution in [0.2, 0.25) is 10.0 Å². The van der Waals surface area contributed by atoms with Gasteiger partial charge in [0.05, 0.1) is 4.91 Å². The summed E-state index contributed by atoms with van der Waals surface area (Å²) in [5.41, 5.74) is 2.09. The highest BCUT2D eigenvalue weighted by Gasteiger charge is 2.28. The van der Waals surface area contributed by atoms with Crippen molar-refractivity contribution in [3.63, 3.8) is 0 Å². The van der Waals surface area contributed by atoms with Crippen molar-refractivity contribution in [1.29, 1.82) is 0 Å². The van der Waals surface area contributed by atoms with Crippen molar-refractivity contribution in [1.82, 2.24) is 9.80 Å². The Labute approximate surface area is 178 Å². The van der Waals surface area contributed by atoms with E-state index in [1.165, 1.54) is 17.3 Å². The van der Waals surface area contributed by atoms with Gasteiger partial charge in [0.25, 0.3) is 5.91 Å². The second-order valence-corrected chi connectivity index (χ2v) is 8.58. The van der Waals surface area contributed by atoms with E-state index in [0.29, 0.717) is 15.0 Å². The molecule has 0 spiro atoms. The first-order valence-corrected chi connectivity index (χ1v) is 10.6. The lowest BCUT2D eigenvalue weighted by Gasteiger charge is -2.35. The number of hydrogen-bond acceptors (Lipinski definition) is 4. The molecule has 7 heteroatoms. The molecule has 4 nitrogen and oxygen atoms in total. The van der Waals surface area contributed by atoms with E-state index >= 15 is 0 Å². The number of amidine groups is 1. The summed E-state index contributed by atoms with van der Waals surface area (Å²) in [6.07, 6.45) is 1.79. The summed E-state index contributed by atoms with van der Waals surface area (Å²) in [5, 5.41) is 1.87. The van der Waals surface area contributed by atoms with Gasteiger partial charge in [-0.05, 0) is 41.1 Å². The fraction of sp³-hybridized carbons (Fsp3) is 0.238. The number of carbonyl (C=O) groups is 1. The van der Waals surface area contributed by atoms with Gasteiger partial charge >= 0.3 is 0 Å². The van der Waals surface area contributed by atoms with Crippen LogP contribution >= 0.6 is 35.0 Å². The molecule has 4 rings (SSSR count). The van der Waals surface area contributed by atoms with Crippen LogP contribution in [0, 0.1) is 0 Å². The molecule has 2 aliphatic rings. The summed E-state index contributed by atoms with van der Waals surface area (Å²) in [5.74, 6) is -0.210. The quantitative estimate of drug-likeness (QED) is 0.654. The monoisotopic (exact) mass is 431 g/mol. The van der Waals surface area contributed by atoms with Gasteiger partial charge in [0, 0.05) is 42.8 Å². The molecule has 2 heterocycles. The minimum absolute atomic E-state index is 0.210. The second kappa shape index (κ2) is 8.70. The number of thioether (sulfide) groups is 1. The van der Waals surface area contributed by atoms with Gasteiger partial charge in [0.2, 0.25) is 0 Å². The molecule has 0 aromatic heterocycles. The van der Waals surface area contributed by atoms with Gasteiger partial charge in [-0.3, -0.25) is 9.69 Å². The third kappa shape index (κ3) is 4.61. The highest BCUT2D eigenvalue weighted by atomic mass is 35.5. The van der Waals surface area contributed by atoms with E-state index in [2.05, 4.69) is 39.1 Å². The number of halogens is 2. The molecular formula is C21H19Cl2N3OS. The van der Waals surface area contributed by atoms with Crippen LogP contribution in [0.25, 0.3) is 6.08 Å². The van der Waals surface area contributed by atoms with Crippen LogP contribution in [-0.4, -0.2) is 47.1 Å². The SMILES string of the molecule is O=C1N=C(N2CCN(Cc3ccccc3)CC2)S/C1=C/c1ccc(Cl)cc1Cl. The Hall–Kier alpha value is -1.79. The maximum atomic E-state index is 12.3. The third-order valence-electron chi connectivity index (χ3n) is 4.75. The average Bonchev–Trinajstić information content (AvgIpc) is 3.06. The Kier molecular flexibility index (Phi) is 6.07. The maximum absolute atomic E-state index is 12.3. The van der Waals surface area contributed by atoms with Crippen LogP contribution in [0.15, 0.2) is 58.4 Å². The number of carbonyl (C=O) groups excluding carboxylic acids is 1. The molecule has 144 valence electrons. The van der Waals surface area contributed by atoms with Gasteiger partial charge in [0.15, 0.2) is 5.17 Å².